The quantitative estimate of drug-likeness (QED) is 0.530. The number of allylic oxidation sites excluding steroid dienone is 2. The first kappa shape index (κ1) is 9.15. The van der Waals surface area contributed by atoms with E-state index in [1.807, 2.05) is 6.20 Å². The molecule has 0 rings (SSSR count). The van der Waals surface area contributed by atoms with Crippen LogP contribution in [0.5, 0.6) is 0 Å². The summed E-state index contributed by atoms with van der Waals surface area (Å²) in [6.45, 7) is 9.89. The number of aliphatic imine (C=N–C) groups is 1. The highest BCUT2D eigenvalue weighted by molar-refractivity contribution is 5.70. The van der Waals surface area contributed by atoms with Gasteiger partial charge in [0.25, 0.3) is 0 Å². The second-order valence-corrected chi connectivity index (χ2v) is 2.56. The fraction of sp³-hybridized carbons (Fsp3) is 0.444. The third-order valence-electron chi connectivity index (χ3n) is 1.38. The van der Waals surface area contributed by atoms with Crippen molar-refractivity contribution in [1.82, 2.24) is 0 Å². The van der Waals surface area contributed by atoms with Crippen molar-refractivity contribution >= 4 is 6.21 Å². The van der Waals surface area contributed by atoms with E-state index in [1.54, 1.807) is 12.3 Å². The number of hydrogen-bond donors (Lipinski definition) is 0. The summed E-state index contributed by atoms with van der Waals surface area (Å²) in [7, 11) is 0. The van der Waals surface area contributed by atoms with E-state index in [4.69, 9.17) is 0 Å². The lowest BCUT2D eigenvalue weighted by atomic mass is 10.1. The van der Waals surface area contributed by atoms with Gasteiger partial charge in [0.15, 0.2) is 0 Å². The molecule has 56 valence electrons. The van der Waals surface area contributed by atoms with Crippen LogP contribution in [0.1, 0.15) is 20.8 Å². The van der Waals surface area contributed by atoms with Crippen molar-refractivity contribution in [2.45, 2.75) is 20.8 Å². The van der Waals surface area contributed by atoms with Gasteiger partial charge in [-0.15, -0.1) is 0 Å². The fourth-order valence-corrected chi connectivity index (χ4v) is 0.371. The Morgan fingerprint density at radius 1 is 1.50 bits per heavy atom. The highest BCUT2D eigenvalue weighted by Gasteiger charge is 1.92. The van der Waals surface area contributed by atoms with Crippen LogP contribution in [-0.4, -0.2) is 6.21 Å². The van der Waals surface area contributed by atoms with Crippen LogP contribution >= 0.6 is 0 Å². The predicted octanol–water partition coefficient (Wildman–Crippen LogP) is 2.80. The van der Waals surface area contributed by atoms with Gasteiger partial charge in [-0.3, -0.25) is 4.99 Å². The van der Waals surface area contributed by atoms with Crippen LogP contribution in [0.25, 0.3) is 0 Å². The van der Waals surface area contributed by atoms with Crippen molar-refractivity contribution in [2.75, 3.05) is 0 Å². The molecular weight excluding hydrogens is 122 g/mol. The maximum absolute atomic E-state index is 4.01. The first-order valence-electron chi connectivity index (χ1n) is 3.49. The molecular formula is C9H15N. The minimum absolute atomic E-state index is 0.585. The van der Waals surface area contributed by atoms with Crippen LogP contribution < -0.4 is 0 Å². The maximum Gasteiger partial charge on any atom is 0.0261 e. The summed E-state index contributed by atoms with van der Waals surface area (Å²) >= 11 is 0. The van der Waals surface area contributed by atoms with Gasteiger partial charge in [0.1, 0.15) is 0 Å². The molecule has 0 aromatic carbocycles. The summed E-state index contributed by atoms with van der Waals surface area (Å²) < 4.78 is 0. The monoisotopic (exact) mass is 137 g/mol. The first-order valence-corrected chi connectivity index (χ1v) is 3.49. The lowest BCUT2D eigenvalue weighted by Gasteiger charge is -2.00. The Hall–Kier alpha value is -0.850. The highest BCUT2D eigenvalue weighted by atomic mass is 14.7. The summed E-state index contributed by atoms with van der Waals surface area (Å²) in [6, 6.07) is 0. The Labute approximate surface area is 63.2 Å². The molecule has 0 spiro atoms. The van der Waals surface area contributed by atoms with Crippen molar-refractivity contribution < 1.29 is 0 Å². The molecule has 0 saturated heterocycles. The van der Waals surface area contributed by atoms with Gasteiger partial charge in [-0.25, -0.2) is 0 Å². The smallest absolute Gasteiger partial charge is 0.0261 e. The molecule has 0 aromatic rings. The topological polar surface area (TPSA) is 12.4 Å². The van der Waals surface area contributed by atoms with E-state index in [0.717, 1.165) is 0 Å². The fourth-order valence-electron chi connectivity index (χ4n) is 0.371. The Kier molecular flexibility index (Phi) is 4.55. The van der Waals surface area contributed by atoms with Gasteiger partial charge in [0.05, 0.1) is 0 Å². The number of rotatable bonds is 3. The third-order valence-corrected chi connectivity index (χ3v) is 1.38. The summed E-state index contributed by atoms with van der Waals surface area (Å²) in [4.78, 5) is 4.01. The molecule has 1 nitrogen and oxygen atoms in total. The van der Waals surface area contributed by atoms with E-state index < -0.39 is 0 Å². The average Bonchev–Trinajstić information content (AvgIpc) is 1.88. The van der Waals surface area contributed by atoms with E-state index in [1.165, 1.54) is 5.57 Å². The summed E-state index contributed by atoms with van der Waals surface area (Å²) in [5.74, 6) is 0.585. The van der Waals surface area contributed by atoms with Crippen LogP contribution in [0.2, 0.25) is 0 Å². The molecule has 10 heavy (non-hydrogen) atoms. The molecule has 0 aromatic heterocycles. The van der Waals surface area contributed by atoms with Crippen molar-refractivity contribution in [3.8, 4) is 0 Å². The van der Waals surface area contributed by atoms with Gasteiger partial charge < -0.3 is 0 Å². The van der Waals surface area contributed by atoms with Crippen molar-refractivity contribution in [3.05, 3.63) is 24.4 Å². The second kappa shape index (κ2) is 4.98. The number of nitrogens with zero attached hydrogens (tertiary/aromatic N) is 1. The highest BCUT2D eigenvalue weighted by Crippen LogP contribution is 2.06. The van der Waals surface area contributed by atoms with Gasteiger partial charge in [-0.05, 0) is 12.8 Å². The Morgan fingerprint density at radius 3 is 2.50 bits per heavy atom. The Morgan fingerprint density at radius 2 is 2.10 bits per heavy atom. The summed E-state index contributed by atoms with van der Waals surface area (Å²) in [5.41, 5.74) is 1.29. The molecule has 0 radical (unpaired) electrons. The predicted molar refractivity (Wildman–Crippen MR) is 47.3 cm³/mol. The summed E-state index contributed by atoms with van der Waals surface area (Å²) in [6.07, 6.45) is 5.22. The normalized spacial score (nSPS) is 13.0. The van der Waals surface area contributed by atoms with E-state index in [0.29, 0.717) is 5.92 Å². The van der Waals surface area contributed by atoms with Gasteiger partial charge in [-0.2, -0.15) is 0 Å². The molecule has 0 aliphatic rings. The minimum Gasteiger partial charge on any atom is -0.265 e. The van der Waals surface area contributed by atoms with Crippen LogP contribution in [0.4, 0.5) is 0 Å². The zero-order chi connectivity index (χ0) is 7.98. The zero-order valence-corrected chi connectivity index (χ0v) is 6.96. The molecule has 0 bridgehead atoms. The Balaban J connectivity index is 3.91. The number of hydrogen-bond acceptors (Lipinski definition) is 1. The first-order chi connectivity index (χ1) is 4.68. The minimum atomic E-state index is 0.585. The molecule has 0 unspecified atom stereocenters. The zero-order valence-electron chi connectivity index (χ0n) is 6.96. The lowest BCUT2D eigenvalue weighted by Crippen LogP contribution is -1.86. The molecule has 1 heteroatoms. The maximum atomic E-state index is 4.01. The molecule has 0 saturated carbocycles. The van der Waals surface area contributed by atoms with Crippen LogP contribution in [-0.2, 0) is 0 Å². The van der Waals surface area contributed by atoms with Gasteiger partial charge >= 0.3 is 0 Å². The van der Waals surface area contributed by atoms with Crippen LogP contribution in [0.15, 0.2) is 29.4 Å². The third kappa shape index (κ3) is 4.07. The van der Waals surface area contributed by atoms with Crippen molar-refractivity contribution in [1.29, 1.82) is 0 Å². The molecule has 0 fully saturated rings. The van der Waals surface area contributed by atoms with Crippen LogP contribution in [0, 0.1) is 5.92 Å². The summed E-state index contributed by atoms with van der Waals surface area (Å²) in [5, 5.41) is 0. The van der Waals surface area contributed by atoms with Gasteiger partial charge in [-0.1, -0.05) is 32.1 Å². The average molecular weight is 137 g/mol. The molecule has 0 amide bonds. The Bertz CT molecular complexity index is 152. The van der Waals surface area contributed by atoms with E-state index in [2.05, 4.69) is 32.3 Å². The lowest BCUT2D eigenvalue weighted by molar-refractivity contribution is 0.766. The van der Waals surface area contributed by atoms with E-state index in [-0.39, 0.29) is 0 Å². The largest absolute Gasteiger partial charge is 0.265 e. The van der Waals surface area contributed by atoms with Gasteiger partial charge in [0, 0.05) is 12.4 Å². The van der Waals surface area contributed by atoms with E-state index in [9.17, 15) is 0 Å². The van der Waals surface area contributed by atoms with E-state index >= 15 is 0 Å². The molecule has 0 heterocycles. The van der Waals surface area contributed by atoms with Gasteiger partial charge in [0.2, 0.25) is 0 Å². The molecule has 0 N–H and O–H groups in total. The van der Waals surface area contributed by atoms with Crippen molar-refractivity contribution in [3.63, 3.8) is 0 Å². The standard InChI is InChI=1S/C9H15N/c1-5-6-10-7-9(4)8(2)3/h5-8H,1H2,2-4H3. The molecule has 0 aliphatic heterocycles. The second-order valence-electron chi connectivity index (χ2n) is 2.56. The molecule has 0 aliphatic carbocycles. The van der Waals surface area contributed by atoms with Crippen LogP contribution in [0.3, 0.4) is 0 Å². The SMILES string of the molecule is C=CC=NC=C(C)C(C)C. The molecule has 0 atom stereocenters. The van der Waals surface area contributed by atoms with Crippen molar-refractivity contribution in [2.24, 2.45) is 10.9 Å².